The van der Waals surface area contributed by atoms with Crippen LogP contribution in [0.15, 0.2) is 42.5 Å². The maximum absolute atomic E-state index is 10.2. The van der Waals surface area contributed by atoms with Crippen molar-refractivity contribution in [3.8, 4) is 11.4 Å². The predicted octanol–water partition coefficient (Wildman–Crippen LogP) is 1.75. The van der Waals surface area contributed by atoms with E-state index in [-0.39, 0.29) is 0 Å². The first-order valence-corrected chi connectivity index (χ1v) is 7.44. The molecule has 3 heterocycles. The van der Waals surface area contributed by atoms with Crippen LogP contribution in [0.25, 0.3) is 17.0 Å². The standard InChI is InChI=1S/C16H17N5O/c1-2-16(22)10-20(11-16)14-9-8-13-17-18-15(21(13)19-14)12-6-4-3-5-7-12/h3-9,22H,2,10-11H2,1H3. The molecule has 4 rings (SSSR count). The molecule has 0 spiro atoms. The van der Waals surface area contributed by atoms with Gasteiger partial charge in [-0.2, -0.15) is 4.52 Å². The molecule has 0 saturated carbocycles. The number of hydrogen-bond acceptors (Lipinski definition) is 5. The number of nitrogens with zero attached hydrogens (tertiary/aromatic N) is 5. The van der Waals surface area contributed by atoms with Crippen LogP contribution in [0.3, 0.4) is 0 Å². The van der Waals surface area contributed by atoms with E-state index in [2.05, 4.69) is 20.2 Å². The second-order valence-electron chi connectivity index (χ2n) is 5.79. The van der Waals surface area contributed by atoms with E-state index in [1.807, 2.05) is 49.4 Å². The topological polar surface area (TPSA) is 66.5 Å². The fraction of sp³-hybridized carbons (Fsp3) is 0.312. The molecular formula is C16H17N5O. The van der Waals surface area contributed by atoms with Crippen molar-refractivity contribution in [1.29, 1.82) is 0 Å². The third-order valence-corrected chi connectivity index (χ3v) is 4.23. The molecule has 1 aliphatic heterocycles. The number of aliphatic hydroxyl groups is 1. The van der Waals surface area contributed by atoms with E-state index >= 15 is 0 Å². The molecule has 1 aliphatic rings. The zero-order chi connectivity index (χ0) is 15.2. The molecule has 6 heteroatoms. The lowest BCUT2D eigenvalue weighted by Gasteiger charge is -2.46. The van der Waals surface area contributed by atoms with Gasteiger partial charge in [-0.3, -0.25) is 0 Å². The minimum Gasteiger partial charge on any atom is -0.386 e. The average Bonchev–Trinajstić information content (AvgIpc) is 2.95. The molecule has 112 valence electrons. The van der Waals surface area contributed by atoms with E-state index in [4.69, 9.17) is 0 Å². The van der Waals surface area contributed by atoms with Crippen molar-refractivity contribution in [3.63, 3.8) is 0 Å². The summed E-state index contributed by atoms with van der Waals surface area (Å²) in [6.07, 6.45) is 0.758. The van der Waals surface area contributed by atoms with Crippen molar-refractivity contribution in [3.05, 3.63) is 42.5 Å². The lowest BCUT2D eigenvalue weighted by Crippen LogP contribution is -2.61. The van der Waals surface area contributed by atoms with E-state index in [0.717, 1.165) is 23.6 Å². The summed E-state index contributed by atoms with van der Waals surface area (Å²) in [5.74, 6) is 1.56. The number of fused-ring (bicyclic) bond motifs is 1. The minimum atomic E-state index is -0.577. The normalized spacial score (nSPS) is 16.7. The third kappa shape index (κ3) is 2.03. The summed E-state index contributed by atoms with van der Waals surface area (Å²) in [5.41, 5.74) is 1.12. The van der Waals surface area contributed by atoms with Gasteiger partial charge in [-0.15, -0.1) is 15.3 Å². The molecule has 6 nitrogen and oxygen atoms in total. The van der Waals surface area contributed by atoms with Gasteiger partial charge in [0.2, 0.25) is 0 Å². The highest BCUT2D eigenvalue weighted by Gasteiger charge is 2.40. The quantitative estimate of drug-likeness (QED) is 0.797. The molecule has 1 aromatic carbocycles. The van der Waals surface area contributed by atoms with Crippen LogP contribution in [-0.4, -0.2) is 43.6 Å². The van der Waals surface area contributed by atoms with Crippen molar-refractivity contribution in [2.24, 2.45) is 0 Å². The van der Waals surface area contributed by atoms with Crippen LogP contribution >= 0.6 is 0 Å². The molecule has 0 bridgehead atoms. The van der Waals surface area contributed by atoms with Crippen LogP contribution in [-0.2, 0) is 0 Å². The highest BCUT2D eigenvalue weighted by atomic mass is 16.3. The summed E-state index contributed by atoms with van der Waals surface area (Å²) in [6.45, 7) is 3.23. The summed E-state index contributed by atoms with van der Waals surface area (Å²) in [7, 11) is 0. The monoisotopic (exact) mass is 295 g/mol. The Morgan fingerprint density at radius 1 is 1.09 bits per heavy atom. The van der Waals surface area contributed by atoms with E-state index < -0.39 is 5.60 Å². The van der Waals surface area contributed by atoms with Gasteiger partial charge < -0.3 is 10.0 Å². The van der Waals surface area contributed by atoms with Gasteiger partial charge >= 0.3 is 0 Å². The molecule has 22 heavy (non-hydrogen) atoms. The Kier molecular flexibility index (Phi) is 2.87. The summed E-state index contributed by atoms with van der Waals surface area (Å²) >= 11 is 0. The van der Waals surface area contributed by atoms with E-state index in [0.29, 0.717) is 18.7 Å². The van der Waals surface area contributed by atoms with Gasteiger partial charge in [0, 0.05) is 5.56 Å². The number of benzene rings is 1. The number of β-amino-alcohol motifs (C(OH)–C–C–N with tert-alkyl or cyclic N) is 1. The Bertz CT molecular complexity index is 808. The Labute approximate surface area is 128 Å². The van der Waals surface area contributed by atoms with Crippen LogP contribution in [0, 0.1) is 0 Å². The zero-order valence-corrected chi connectivity index (χ0v) is 12.3. The lowest BCUT2D eigenvalue weighted by atomic mass is 9.91. The number of hydrogen-bond donors (Lipinski definition) is 1. The summed E-state index contributed by atoms with van der Waals surface area (Å²) in [4.78, 5) is 2.07. The highest BCUT2D eigenvalue weighted by Crippen LogP contribution is 2.29. The summed E-state index contributed by atoms with van der Waals surface area (Å²) in [5, 5.41) is 23.2. The van der Waals surface area contributed by atoms with Gasteiger partial charge in [0.25, 0.3) is 0 Å². The predicted molar refractivity (Wildman–Crippen MR) is 83.7 cm³/mol. The van der Waals surface area contributed by atoms with Crippen molar-refractivity contribution in [1.82, 2.24) is 19.8 Å². The Morgan fingerprint density at radius 2 is 1.86 bits per heavy atom. The number of anilines is 1. The van der Waals surface area contributed by atoms with E-state index in [1.165, 1.54) is 0 Å². The first-order valence-electron chi connectivity index (χ1n) is 7.44. The first kappa shape index (κ1) is 13.2. The smallest absolute Gasteiger partial charge is 0.185 e. The maximum Gasteiger partial charge on any atom is 0.185 e. The van der Waals surface area contributed by atoms with E-state index in [1.54, 1.807) is 4.52 Å². The molecule has 1 fully saturated rings. The molecular weight excluding hydrogens is 278 g/mol. The molecule has 1 saturated heterocycles. The Hall–Kier alpha value is -2.47. The van der Waals surface area contributed by atoms with Crippen LogP contribution < -0.4 is 4.90 Å². The van der Waals surface area contributed by atoms with E-state index in [9.17, 15) is 5.11 Å². The molecule has 2 aromatic heterocycles. The van der Waals surface area contributed by atoms with Crippen LogP contribution in [0.5, 0.6) is 0 Å². The van der Waals surface area contributed by atoms with Crippen molar-refractivity contribution < 1.29 is 5.11 Å². The number of aromatic nitrogens is 4. The Balaban J connectivity index is 1.72. The highest BCUT2D eigenvalue weighted by molar-refractivity contribution is 5.59. The van der Waals surface area contributed by atoms with Gasteiger partial charge in [0.05, 0.1) is 18.7 Å². The average molecular weight is 295 g/mol. The maximum atomic E-state index is 10.2. The molecule has 1 N–H and O–H groups in total. The molecule has 0 amide bonds. The minimum absolute atomic E-state index is 0.577. The van der Waals surface area contributed by atoms with Crippen LogP contribution in [0.4, 0.5) is 5.82 Å². The molecule has 0 aliphatic carbocycles. The molecule has 0 radical (unpaired) electrons. The first-order chi connectivity index (χ1) is 10.7. The lowest BCUT2D eigenvalue weighted by molar-refractivity contribution is 0.00796. The fourth-order valence-corrected chi connectivity index (χ4v) is 2.76. The second kappa shape index (κ2) is 4.78. The zero-order valence-electron chi connectivity index (χ0n) is 12.3. The van der Waals surface area contributed by atoms with Crippen molar-refractivity contribution >= 4 is 11.5 Å². The largest absolute Gasteiger partial charge is 0.386 e. The van der Waals surface area contributed by atoms with Gasteiger partial charge in [0.15, 0.2) is 11.5 Å². The van der Waals surface area contributed by atoms with Gasteiger partial charge in [0.1, 0.15) is 5.82 Å². The molecule has 3 aromatic rings. The van der Waals surface area contributed by atoms with Gasteiger partial charge in [-0.05, 0) is 18.6 Å². The van der Waals surface area contributed by atoms with Crippen LogP contribution in [0.2, 0.25) is 0 Å². The summed E-state index contributed by atoms with van der Waals surface area (Å²) in [6, 6.07) is 13.7. The second-order valence-corrected chi connectivity index (χ2v) is 5.79. The fourth-order valence-electron chi connectivity index (χ4n) is 2.76. The van der Waals surface area contributed by atoms with Gasteiger partial charge in [-0.1, -0.05) is 37.3 Å². The SMILES string of the molecule is CCC1(O)CN(c2ccc3nnc(-c4ccccc4)n3n2)C1. The third-order valence-electron chi connectivity index (χ3n) is 4.23. The molecule has 0 unspecified atom stereocenters. The molecule has 0 atom stereocenters. The number of rotatable bonds is 3. The summed E-state index contributed by atoms with van der Waals surface area (Å²) < 4.78 is 1.76. The Morgan fingerprint density at radius 3 is 2.59 bits per heavy atom. The van der Waals surface area contributed by atoms with Crippen molar-refractivity contribution in [2.75, 3.05) is 18.0 Å². The van der Waals surface area contributed by atoms with Gasteiger partial charge in [-0.25, -0.2) is 0 Å². The van der Waals surface area contributed by atoms with Crippen LogP contribution in [0.1, 0.15) is 13.3 Å². The van der Waals surface area contributed by atoms with Crippen molar-refractivity contribution in [2.45, 2.75) is 18.9 Å².